The Morgan fingerprint density at radius 3 is 2.52 bits per heavy atom. The van der Waals surface area contributed by atoms with Crippen LogP contribution in [0.4, 0.5) is 5.69 Å². The molecule has 0 unspecified atom stereocenters. The molecule has 0 radical (unpaired) electrons. The summed E-state index contributed by atoms with van der Waals surface area (Å²) in [4.78, 5) is 28.8. The summed E-state index contributed by atoms with van der Waals surface area (Å²) in [5, 5.41) is 3.68. The quantitative estimate of drug-likeness (QED) is 0.603. The van der Waals surface area contributed by atoms with E-state index in [1.165, 1.54) is 0 Å². The van der Waals surface area contributed by atoms with Crippen LogP contribution >= 0.6 is 11.6 Å². The van der Waals surface area contributed by atoms with E-state index in [-0.39, 0.29) is 11.8 Å². The lowest BCUT2D eigenvalue weighted by molar-refractivity contribution is -0.126. The fourth-order valence-electron chi connectivity index (χ4n) is 4.15. The van der Waals surface area contributed by atoms with E-state index < -0.39 is 5.54 Å². The highest BCUT2D eigenvalue weighted by molar-refractivity contribution is 6.30. The minimum atomic E-state index is -1.05. The van der Waals surface area contributed by atoms with Gasteiger partial charge in [0.15, 0.2) is 0 Å². The topological polar surface area (TPSA) is 49.4 Å². The van der Waals surface area contributed by atoms with E-state index in [2.05, 4.69) is 12.2 Å². The van der Waals surface area contributed by atoms with Gasteiger partial charge in [0.25, 0.3) is 5.91 Å². The Labute approximate surface area is 187 Å². The largest absolute Gasteiger partial charge is 0.350 e. The van der Waals surface area contributed by atoms with Crippen LogP contribution in [0, 0.1) is 0 Å². The second-order valence-electron chi connectivity index (χ2n) is 8.08. The van der Waals surface area contributed by atoms with E-state index in [1.807, 2.05) is 67.6 Å². The van der Waals surface area contributed by atoms with Gasteiger partial charge in [-0.2, -0.15) is 0 Å². The highest BCUT2D eigenvalue weighted by Gasteiger charge is 2.47. The van der Waals surface area contributed by atoms with Crippen LogP contribution < -0.4 is 10.2 Å². The molecule has 3 aromatic carbocycles. The third-order valence-electron chi connectivity index (χ3n) is 5.91. The number of carbonyl (C=O) groups excluding carboxylic acids is 2. The zero-order valence-electron chi connectivity index (χ0n) is 17.7. The van der Waals surface area contributed by atoms with Crippen LogP contribution in [0.15, 0.2) is 72.8 Å². The van der Waals surface area contributed by atoms with Crippen LogP contribution in [-0.2, 0) is 24.2 Å². The van der Waals surface area contributed by atoms with Crippen molar-refractivity contribution in [3.8, 4) is 0 Å². The predicted molar refractivity (Wildman–Crippen MR) is 124 cm³/mol. The summed E-state index contributed by atoms with van der Waals surface area (Å²) in [6, 6.07) is 22.8. The standard InChI is InChI=1S/C26H25ClN2O2/c1-3-18-7-6-9-22(15-18)29-24(30)23-10-5-4-8-20(23)16-26(29,2)25(31)28-17-19-11-13-21(27)14-12-19/h4-15H,3,16-17H2,1-2H3,(H,28,31)/t26-/m1/s1. The molecule has 4 nitrogen and oxygen atoms in total. The Hall–Kier alpha value is -3.11. The van der Waals surface area contributed by atoms with Gasteiger partial charge in [0.1, 0.15) is 5.54 Å². The molecular weight excluding hydrogens is 408 g/mol. The predicted octanol–water partition coefficient (Wildman–Crippen LogP) is 5.18. The van der Waals surface area contributed by atoms with Crippen molar-refractivity contribution in [2.24, 2.45) is 0 Å². The summed E-state index contributed by atoms with van der Waals surface area (Å²) < 4.78 is 0. The molecule has 0 aliphatic carbocycles. The third kappa shape index (κ3) is 4.08. The number of nitrogens with one attached hydrogen (secondary N) is 1. The van der Waals surface area contributed by atoms with Crippen molar-refractivity contribution in [1.29, 1.82) is 0 Å². The van der Waals surface area contributed by atoms with Crippen molar-refractivity contribution in [3.05, 3.63) is 100 Å². The average Bonchev–Trinajstić information content (AvgIpc) is 2.78. The highest BCUT2D eigenvalue weighted by Crippen LogP contribution is 2.36. The second kappa shape index (κ2) is 8.56. The summed E-state index contributed by atoms with van der Waals surface area (Å²) in [7, 11) is 0. The molecule has 1 aliphatic rings. The maximum atomic E-state index is 13.6. The van der Waals surface area contributed by atoms with E-state index in [1.54, 1.807) is 17.0 Å². The minimum Gasteiger partial charge on any atom is -0.350 e. The zero-order valence-corrected chi connectivity index (χ0v) is 18.4. The summed E-state index contributed by atoms with van der Waals surface area (Å²) >= 11 is 5.96. The molecule has 1 atom stereocenters. The first-order valence-corrected chi connectivity index (χ1v) is 10.8. The normalized spacial score (nSPS) is 17.9. The molecule has 0 bridgehead atoms. The SMILES string of the molecule is CCc1cccc(N2C(=O)c3ccccc3C[C@]2(C)C(=O)NCc2ccc(Cl)cc2)c1. The monoisotopic (exact) mass is 432 g/mol. The maximum Gasteiger partial charge on any atom is 0.259 e. The summed E-state index contributed by atoms with van der Waals surface area (Å²) in [6.45, 7) is 4.28. The molecule has 5 heteroatoms. The lowest BCUT2D eigenvalue weighted by Crippen LogP contribution is -2.63. The van der Waals surface area contributed by atoms with Gasteiger partial charge in [0, 0.05) is 29.2 Å². The molecule has 0 saturated carbocycles. The number of rotatable bonds is 5. The van der Waals surface area contributed by atoms with Crippen LogP contribution in [0.2, 0.25) is 5.02 Å². The Morgan fingerprint density at radius 1 is 1.03 bits per heavy atom. The first kappa shape index (κ1) is 21.1. The van der Waals surface area contributed by atoms with Crippen molar-refractivity contribution in [2.75, 3.05) is 4.90 Å². The number of carbonyl (C=O) groups is 2. The van der Waals surface area contributed by atoms with Gasteiger partial charge in [-0.3, -0.25) is 14.5 Å². The molecular formula is C26H25ClN2O2. The van der Waals surface area contributed by atoms with Gasteiger partial charge in [-0.25, -0.2) is 0 Å². The summed E-state index contributed by atoms with van der Waals surface area (Å²) in [5.41, 5.74) is 3.29. The first-order valence-electron chi connectivity index (χ1n) is 10.5. The Kier molecular flexibility index (Phi) is 5.84. The number of fused-ring (bicyclic) bond motifs is 1. The fraction of sp³-hybridized carbons (Fsp3) is 0.231. The van der Waals surface area contributed by atoms with Crippen LogP contribution in [0.5, 0.6) is 0 Å². The smallest absolute Gasteiger partial charge is 0.259 e. The Morgan fingerprint density at radius 2 is 1.77 bits per heavy atom. The molecule has 0 spiro atoms. The lowest BCUT2D eigenvalue weighted by atomic mass is 9.82. The second-order valence-corrected chi connectivity index (χ2v) is 8.52. The van der Waals surface area contributed by atoms with Crippen LogP contribution in [0.3, 0.4) is 0 Å². The average molecular weight is 433 g/mol. The zero-order chi connectivity index (χ0) is 22.0. The molecule has 0 aromatic heterocycles. The summed E-state index contributed by atoms with van der Waals surface area (Å²) in [5.74, 6) is -0.341. The number of hydrogen-bond acceptors (Lipinski definition) is 2. The van der Waals surface area contributed by atoms with Gasteiger partial charge in [-0.1, -0.05) is 61.0 Å². The molecule has 0 saturated heterocycles. The van der Waals surface area contributed by atoms with Crippen molar-refractivity contribution < 1.29 is 9.59 Å². The molecule has 1 N–H and O–H groups in total. The van der Waals surface area contributed by atoms with E-state index >= 15 is 0 Å². The number of nitrogens with zero attached hydrogens (tertiary/aromatic N) is 1. The number of anilines is 1. The molecule has 4 rings (SSSR count). The van der Waals surface area contributed by atoms with E-state index in [9.17, 15) is 9.59 Å². The van der Waals surface area contributed by atoms with E-state index in [0.29, 0.717) is 23.6 Å². The minimum absolute atomic E-state index is 0.153. The van der Waals surface area contributed by atoms with Crippen molar-refractivity contribution in [1.82, 2.24) is 5.32 Å². The van der Waals surface area contributed by atoms with Gasteiger partial charge in [0.2, 0.25) is 5.91 Å². The molecule has 1 heterocycles. The van der Waals surface area contributed by atoms with Crippen LogP contribution in [0.1, 0.15) is 40.9 Å². The first-order chi connectivity index (χ1) is 14.9. The Bertz CT molecular complexity index is 1130. The van der Waals surface area contributed by atoms with Gasteiger partial charge < -0.3 is 5.32 Å². The fourth-order valence-corrected chi connectivity index (χ4v) is 4.28. The molecule has 1 aliphatic heterocycles. The van der Waals surface area contributed by atoms with Gasteiger partial charge >= 0.3 is 0 Å². The van der Waals surface area contributed by atoms with Gasteiger partial charge in [-0.15, -0.1) is 0 Å². The Balaban J connectivity index is 1.71. The van der Waals surface area contributed by atoms with Gasteiger partial charge in [0.05, 0.1) is 0 Å². The van der Waals surface area contributed by atoms with Crippen molar-refractivity contribution >= 4 is 29.1 Å². The molecule has 0 fully saturated rings. The molecule has 2 amide bonds. The van der Waals surface area contributed by atoms with E-state index in [0.717, 1.165) is 28.8 Å². The summed E-state index contributed by atoms with van der Waals surface area (Å²) in [6.07, 6.45) is 1.30. The third-order valence-corrected chi connectivity index (χ3v) is 6.16. The molecule has 3 aromatic rings. The van der Waals surface area contributed by atoms with Crippen LogP contribution in [0.25, 0.3) is 0 Å². The molecule has 31 heavy (non-hydrogen) atoms. The van der Waals surface area contributed by atoms with Gasteiger partial charge in [-0.05, 0) is 60.4 Å². The van der Waals surface area contributed by atoms with Crippen molar-refractivity contribution in [2.45, 2.75) is 38.8 Å². The number of aryl methyl sites for hydroxylation is 1. The highest BCUT2D eigenvalue weighted by atomic mass is 35.5. The number of hydrogen-bond donors (Lipinski definition) is 1. The number of halogens is 1. The number of benzene rings is 3. The van der Waals surface area contributed by atoms with E-state index in [4.69, 9.17) is 11.6 Å². The van der Waals surface area contributed by atoms with Crippen LogP contribution in [-0.4, -0.2) is 17.4 Å². The number of amides is 2. The molecule has 158 valence electrons. The maximum absolute atomic E-state index is 13.6. The van der Waals surface area contributed by atoms with Crippen molar-refractivity contribution in [3.63, 3.8) is 0 Å². The lowest BCUT2D eigenvalue weighted by Gasteiger charge is -2.44.